The quantitative estimate of drug-likeness (QED) is 0.362. The third-order valence-electron chi connectivity index (χ3n) is 6.61. The van der Waals surface area contributed by atoms with Crippen LogP contribution in [0.25, 0.3) is 16.5 Å². The zero-order chi connectivity index (χ0) is 26.5. The molecular weight excluding hydrogens is 484 g/mol. The van der Waals surface area contributed by atoms with Gasteiger partial charge in [0.1, 0.15) is 5.82 Å². The number of likely N-dealkylation sites (N-methyl/N-ethyl adjacent to an activating group) is 1. The summed E-state index contributed by atoms with van der Waals surface area (Å²) in [4.78, 5) is 16.9. The number of nitrogens with two attached hydrogens (primary N) is 1. The number of nitrogens with zero attached hydrogens (tertiary/aromatic N) is 5. The number of fused-ring (bicyclic) bond motifs is 1. The first kappa shape index (κ1) is 26.9. The Balaban J connectivity index is 1.66. The Morgan fingerprint density at radius 1 is 1.08 bits per heavy atom. The Hall–Kier alpha value is -3.20. The van der Waals surface area contributed by atoms with Crippen molar-refractivity contribution >= 4 is 45.6 Å². The lowest BCUT2D eigenvalue weighted by molar-refractivity contribution is 0.229. The highest BCUT2D eigenvalue weighted by atomic mass is 35.5. The average Bonchev–Trinajstić information content (AvgIpc) is 2.86. The molecule has 0 bridgehead atoms. The largest absolute Gasteiger partial charge is 0.402 e. The van der Waals surface area contributed by atoms with Gasteiger partial charge in [0.05, 0.1) is 5.52 Å². The third-order valence-corrected chi connectivity index (χ3v) is 6.84. The number of aromatic nitrogens is 2. The van der Waals surface area contributed by atoms with Crippen molar-refractivity contribution in [2.45, 2.75) is 20.4 Å². The van der Waals surface area contributed by atoms with E-state index in [0.29, 0.717) is 23.0 Å². The van der Waals surface area contributed by atoms with Crippen LogP contribution in [0.2, 0.25) is 5.02 Å². The minimum Gasteiger partial charge on any atom is -0.402 e. The molecule has 0 saturated carbocycles. The molecule has 1 aromatic heterocycles. The predicted octanol–water partition coefficient (Wildman–Crippen LogP) is 4.31. The Bertz CT molecular complexity index is 1290. The molecular formula is C28H37ClN8. The van der Waals surface area contributed by atoms with Crippen LogP contribution in [0.4, 0.5) is 11.8 Å². The summed E-state index contributed by atoms with van der Waals surface area (Å²) in [6, 6.07) is 13.8. The van der Waals surface area contributed by atoms with Crippen molar-refractivity contribution in [3.05, 3.63) is 64.3 Å². The van der Waals surface area contributed by atoms with Crippen molar-refractivity contribution in [2.75, 3.05) is 63.6 Å². The molecule has 1 saturated heterocycles. The van der Waals surface area contributed by atoms with E-state index in [1.54, 1.807) is 6.92 Å². The highest BCUT2D eigenvalue weighted by molar-refractivity contribution is 6.30. The summed E-state index contributed by atoms with van der Waals surface area (Å²) in [5, 5.41) is 13.3. The lowest BCUT2D eigenvalue weighted by Gasteiger charge is -2.35. The van der Waals surface area contributed by atoms with Gasteiger partial charge in [0.15, 0.2) is 0 Å². The predicted molar refractivity (Wildman–Crippen MR) is 156 cm³/mol. The van der Waals surface area contributed by atoms with Crippen LogP contribution in [0.5, 0.6) is 0 Å². The van der Waals surface area contributed by atoms with Gasteiger partial charge in [-0.1, -0.05) is 29.8 Å². The van der Waals surface area contributed by atoms with Crippen LogP contribution in [-0.2, 0) is 6.54 Å². The van der Waals surface area contributed by atoms with E-state index in [9.17, 15) is 0 Å². The number of halogens is 1. The van der Waals surface area contributed by atoms with Crippen molar-refractivity contribution < 1.29 is 0 Å². The van der Waals surface area contributed by atoms with Gasteiger partial charge in [-0.25, -0.2) is 4.98 Å². The summed E-state index contributed by atoms with van der Waals surface area (Å²) < 4.78 is 0. The van der Waals surface area contributed by atoms with Crippen LogP contribution in [0.15, 0.2) is 48.2 Å². The van der Waals surface area contributed by atoms with E-state index in [1.165, 1.54) is 0 Å². The Labute approximate surface area is 224 Å². The molecule has 1 aliphatic rings. The van der Waals surface area contributed by atoms with Crippen molar-refractivity contribution in [3.8, 4) is 0 Å². The molecule has 2 heterocycles. The SMILES string of the molecule is CC(=N)C(=C(C)N)c1ccc2nc(N3CCN(CCN(C)C)CC3)nc(NCc3cccc(Cl)c3)c2c1. The molecule has 196 valence electrons. The van der Waals surface area contributed by atoms with Crippen molar-refractivity contribution in [3.63, 3.8) is 0 Å². The van der Waals surface area contributed by atoms with Gasteiger partial charge in [0, 0.05) is 73.2 Å². The highest BCUT2D eigenvalue weighted by Gasteiger charge is 2.21. The van der Waals surface area contributed by atoms with Gasteiger partial charge in [-0.3, -0.25) is 4.90 Å². The van der Waals surface area contributed by atoms with Gasteiger partial charge in [-0.2, -0.15) is 4.98 Å². The molecule has 3 aromatic rings. The van der Waals surface area contributed by atoms with E-state index >= 15 is 0 Å². The molecule has 8 nitrogen and oxygen atoms in total. The fraction of sp³-hybridized carbons (Fsp3) is 0.393. The van der Waals surface area contributed by atoms with Crippen molar-refractivity contribution in [2.24, 2.45) is 5.73 Å². The Morgan fingerprint density at radius 3 is 2.49 bits per heavy atom. The Morgan fingerprint density at radius 2 is 1.84 bits per heavy atom. The number of piperazine rings is 1. The number of rotatable bonds is 9. The fourth-order valence-corrected chi connectivity index (χ4v) is 4.85. The van der Waals surface area contributed by atoms with E-state index in [-0.39, 0.29) is 0 Å². The molecule has 4 rings (SSSR count). The van der Waals surface area contributed by atoms with Gasteiger partial charge in [0.2, 0.25) is 5.95 Å². The maximum atomic E-state index is 8.22. The number of hydrogen-bond donors (Lipinski definition) is 3. The lowest BCUT2D eigenvalue weighted by atomic mass is 9.98. The van der Waals surface area contributed by atoms with Crippen LogP contribution >= 0.6 is 11.6 Å². The van der Waals surface area contributed by atoms with Gasteiger partial charge < -0.3 is 26.3 Å². The molecule has 4 N–H and O–H groups in total. The summed E-state index contributed by atoms with van der Waals surface area (Å²) in [7, 11) is 4.22. The van der Waals surface area contributed by atoms with Crippen LogP contribution < -0.4 is 16.0 Å². The number of benzene rings is 2. The molecule has 9 heteroatoms. The van der Waals surface area contributed by atoms with Crippen LogP contribution in [0.3, 0.4) is 0 Å². The second-order valence-corrected chi connectivity index (χ2v) is 10.3. The molecule has 0 radical (unpaired) electrons. The lowest BCUT2D eigenvalue weighted by Crippen LogP contribution is -2.48. The second kappa shape index (κ2) is 11.9. The molecule has 1 fully saturated rings. The van der Waals surface area contributed by atoms with Gasteiger partial charge in [-0.15, -0.1) is 0 Å². The maximum Gasteiger partial charge on any atom is 0.227 e. The number of allylic oxidation sites excluding steroid dienone is 2. The minimum atomic E-state index is 0.428. The number of nitrogens with one attached hydrogen (secondary N) is 2. The first-order valence-corrected chi connectivity index (χ1v) is 13.0. The van der Waals surface area contributed by atoms with E-state index in [0.717, 1.165) is 78.6 Å². The van der Waals surface area contributed by atoms with Crippen LogP contribution in [0.1, 0.15) is 25.0 Å². The second-order valence-electron chi connectivity index (χ2n) is 9.90. The highest BCUT2D eigenvalue weighted by Crippen LogP contribution is 2.29. The summed E-state index contributed by atoms with van der Waals surface area (Å²) >= 11 is 6.21. The number of hydrogen-bond acceptors (Lipinski definition) is 8. The molecule has 0 unspecified atom stereocenters. The zero-order valence-electron chi connectivity index (χ0n) is 22.2. The molecule has 2 aromatic carbocycles. The summed E-state index contributed by atoms with van der Waals surface area (Å²) in [5.41, 5.74) is 10.7. The van der Waals surface area contributed by atoms with Gasteiger partial charge in [-0.05, 0) is 63.3 Å². The molecule has 1 aliphatic heterocycles. The average molecular weight is 521 g/mol. The van der Waals surface area contributed by atoms with E-state index < -0.39 is 0 Å². The first-order valence-electron chi connectivity index (χ1n) is 12.7. The third kappa shape index (κ3) is 6.77. The minimum absolute atomic E-state index is 0.428. The van der Waals surface area contributed by atoms with Crippen LogP contribution in [0, 0.1) is 5.41 Å². The summed E-state index contributed by atoms with van der Waals surface area (Å²) in [5.74, 6) is 1.49. The molecule has 37 heavy (non-hydrogen) atoms. The fourth-order valence-electron chi connectivity index (χ4n) is 4.63. The smallest absolute Gasteiger partial charge is 0.227 e. The van der Waals surface area contributed by atoms with E-state index in [4.69, 9.17) is 32.7 Å². The molecule has 0 amide bonds. The van der Waals surface area contributed by atoms with E-state index in [1.807, 2.05) is 49.4 Å². The maximum absolute atomic E-state index is 8.22. The zero-order valence-corrected chi connectivity index (χ0v) is 22.9. The van der Waals surface area contributed by atoms with Gasteiger partial charge >= 0.3 is 0 Å². The summed E-state index contributed by atoms with van der Waals surface area (Å²) in [6.07, 6.45) is 0. The normalized spacial score (nSPS) is 15.2. The Kier molecular flexibility index (Phi) is 8.63. The van der Waals surface area contributed by atoms with Crippen LogP contribution in [-0.4, -0.2) is 78.8 Å². The molecule has 0 aliphatic carbocycles. The van der Waals surface area contributed by atoms with E-state index in [2.05, 4.69) is 34.1 Å². The van der Waals surface area contributed by atoms with Crippen molar-refractivity contribution in [1.82, 2.24) is 19.8 Å². The topological polar surface area (TPSA) is 97.4 Å². The molecule has 0 atom stereocenters. The van der Waals surface area contributed by atoms with Crippen molar-refractivity contribution in [1.29, 1.82) is 5.41 Å². The first-order chi connectivity index (χ1) is 17.7. The summed E-state index contributed by atoms with van der Waals surface area (Å²) in [6.45, 7) is 10.0. The molecule has 0 spiro atoms. The monoisotopic (exact) mass is 520 g/mol. The number of anilines is 2. The van der Waals surface area contributed by atoms with Gasteiger partial charge in [0.25, 0.3) is 0 Å². The standard InChI is InChI=1S/C28H37ClN8/c1-19(30)26(20(2)31)22-8-9-25-24(17-22)27(32-18-21-6-5-7-23(29)16-21)34-28(33-25)37-14-12-36(13-15-37)11-10-35(3)4/h5-9,16-17,30H,10-15,18,31H2,1-4H3,(H,32,33,34).